The maximum Gasteiger partial charge on any atom is 0.257 e. The van der Waals surface area contributed by atoms with Crippen LogP contribution in [-0.2, 0) is 4.79 Å². The Hall–Kier alpha value is -2.35. The maximum absolute atomic E-state index is 11.4. The highest BCUT2D eigenvalue weighted by Crippen LogP contribution is 2.13. The Morgan fingerprint density at radius 3 is 2.58 bits per heavy atom. The maximum atomic E-state index is 11.4. The summed E-state index contributed by atoms with van der Waals surface area (Å²) in [5.41, 5.74) is 0.633. The Bertz CT molecular complexity index is 474. The van der Waals surface area contributed by atoms with E-state index in [1.165, 1.54) is 0 Å². The fraction of sp³-hybridized carbons (Fsp3) is 0.357. The molecule has 0 aliphatic carbocycles. The van der Waals surface area contributed by atoms with E-state index in [9.17, 15) is 9.59 Å². The number of ketones is 1. The van der Waals surface area contributed by atoms with E-state index in [0.29, 0.717) is 24.3 Å². The molecule has 0 spiro atoms. The highest BCUT2D eigenvalue weighted by Gasteiger charge is 2.04. The molecule has 0 heterocycles. The zero-order valence-corrected chi connectivity index (χ0v) is 10.8. The normalized spacial score (nSPS) is 9.47. The first-order valence-electron chi connectivity index (χ1n) is 6.07. The number of rotatable bonds is 7. The molecule has 0 aliphatic heterocycles. The second-order valence-electron chi connectivity index (χ2n) is 3.85. The van der Waals surface area contributed by atoms with E-state index in [4.69, 9.17) is 10.00 Å². The number of nitrogens with zero attached hydrogens (tertiary/aromatic N) is 1. The SMILES string of the molecule is CCC(=O)c1ccc(OCC(=O)NCCC#N)cc1. The van der Waals surface area contributed by atoms with E-state index in [0.717, 1.165) is 0 Å². The van der Waals surface area contributed by atoms with Crippen molar-refractivity contribution in [1.29, 1.82) is 5.26 Å². The van der Waals surface area contributed by atoms with Crippen LogP contribution in [0.15, 0.2) is 24.3 Å². The fourth-order valence-corrected chi connectivity index (χ4v) is 1.40. The van der Waals surface area contributed by atoms with Gasteiger partial charge in [0.1, 0.15) is 5.75 Å². The molecule has 0 saturated heterocycles. The van der Waals surface area contributed by atoms with Crippen molar-refractivity contribution in [3.8, 4) is 11.8 Å². The Labute approximate surface area is 112 Å². The molecule has 5 nitrogen and oxygen atoms in total. The minimum atomic E-state index is -0.274. The van der Waals surface area contributed by atoms with Gasteiger partial charge in [-0.3, -0.25) is 9.59 Å². The summed E-state index contributed by atoms with van der Waals surface area (Å²) in [7, 11) is 0. The minimum absolute atomic E-state index is 0.0702. The zero-order chi connectivity index (χ0) is 14.1. The number of carbonyl (C=O) groups excluding carboxylic acids is 2. The second kappa shape index (κ2) is 7.88. The highest BCUT2D eigenvalue weighted by atomic mass is 16.5. The lowest BCUT2D eigenvalue weighted by molar-refractivity contribution is -0.123. The first kappa shape index (κ1) is 14.7. The predicted octanol–water partition coefficient (Wildman–Crippen LogP) is 1.69. The van der Waals surface area contributed by atoms with E-state index < -0.39 is 0 Å². The third kappa shape index (κ3) is 5.21. The van der Waals surface area contributed by atoms with Crippen molar-refractivity contribution in [2.24, 2.45) is 0 Å². The molecule has 0 aliphatic rings. The molecule has 0 bridgehead atoms. The van der Waals surface area contributed by atoms with Crippen LogP contribution in [0.4, 0.5) is 0 Å². The van der Waals surface area contributed by atoms with Crippen molar-refractivity contribution in [2.75, 3.05) is 13.2 Å². The van der Waals surface area contributed by atoms with Crippen LogP contribution in [0, 0.1) is 11.3 Å². The molecule has 1 N–H and O–H groups in total. The molecule has 0 aromatic heterocycles. The summed E-state index contributed by atoms with van der Waals surface area (Å²) in [5.74, 6) is 0.327. The zero-order valence-electron chi connectivity index (χ0n) is 10.8. The Morgan fingerprint density at radius 1 is 1.32 bits per heavy atom. The monoisotopic (exact) mass is 260 g/mol. The molecular weight excluding hydrogens is 244 g/mol. The lowest BCUT2D eigenvalue weighted by atomic mass is 10.1. The smallest absolute Gasteiger partial charge is 0.257 e. The molecular formula is C14H16N2O3. The van der Waals surface area contributed by atoms with Gasteiger partial charge in [-0.1, -0.05) is 6.92 Å². The summed E-state index contributed by atoms with van der Waals surface area (Å²) in [5, 5.41) is 10.9. The van der Waals surface area contributed by atoms with Gasteiger partial charge in [0, 0.05) is 18.5 Å². The summed E-state index contributed by atoms with van der Waals surface area (Å²) in [6.07, 6.45) is 0.737. The van der Waals surface area contributed by atoms with Crippen LogP contribution in [0.3, 0.4) is 0 Å². The largest absolute Gasteiger partial charge is 0.484 e. The van der Waals surface area contributed by atoms with Crippen LogP contribution in [0.2, 0.25) is 0 Å². The fourth-order valence-electron chi connectivity index (χ4n) is 1.40. The minimum Gasteiger partial charge on any atom is -0.484 e. The van der Waals surface area contributed by atoms with Gasteiger partial charge < -0.3 is 10.1 Å². The van der Waals surface area contributed by atoms with Crippen LogP contribution < -0.4 is 10.1 Å². The molecule has 100 valence electrons. The second-order valence-corrected chi connectivity index (χ2v) is 3.85. The van der Waals surface area contributed by atoms with Gasteiger partial charge in [0.05, 0.1) is 12.5 Å². The molecule has 0 atom stereocenters. The number of hydrogen-bond acceptors (Lipinski definition) is 4. The summed E-state index contributed by atoms with van der Waals surface area (Å²) >= 11 is 0. The van der Waals surface area contributed by atoms with E-state index >= 15 is 0 Å². The molecule has 1 rings (SSSR count). The van der Waals surface area contributed by atoms with Crippen molar-refractivity contribution in [3.63, 3.8) is 0 Å². The molecule has 0 fully saturated rings. The van der Waals surface area contributed by atoms with E-state index in [1.807, 2.05) is 6.07 Å². The number of carbonyl (C=O) groups is 2. The molecule has 0 unspecified atom stereocenters. The van der Waals surface area contributed by atoms with Gasteiger partial charge in [-0.05, 0) is 24.3 Å². The van der Waals surface area contributed by atoms with Gasteiger partial charge in [-0.2, -0.15) is 5.26 Å². The van der Waals surface area contributed by atoms with Crippen LogP contribution in [-0.4, -0.2) is 24.8 Å². The summed E-state index contributed by atoms with van der Waals surface area (Å²) in [4.78, 5) is 22.7. The van der Waals surface area contributed by atoms with Crippen molar-refractivity contribution in [1.82, 2.24) is 5.32 Å². The average molecular weight is 260 g/mol. The van der Waals surface area contributed by atoms with Crippen LogP contribution in [0.1, 0.15) is 30.1 Å². The first-order chi connectivity index (χ1) is 9.17. The quantitative estimate of drug-likeness (QED) is 0.597. The standard InChI is InChI=1S/C14H16N2O3/c1-2-13(17)11-4-6-12(7-5-11)19-10-14(18)16-9-3-8-15/h4-7H,2-3,9-10H2,1H3,(H,16,18). The molecule has 5 heteroatoms. The van der Waals surface area contributed by atoms with Crippen LogP contribution in [0.25, 0.3) is 0 Å². The Balaban J connectivity index is 2.40. The molecule has 1 amide bonds. The van der Waals surface area contributed by atoms with Gasteiger partial charge in [0.15, 0.2) is 12.4 Å². The van der Waals surface area contributed by atoms with Crippen molar-refractivity contribution >= 4 is 11.7 Å². The summed E-state index contributed by atoms with van der Waals surface area (Å²) in [6, 6.07) is 8.60. The van der Waals surface area contributed by atoms with Crippen molar-refractivity contribution in [3.05, 3.63) is 29.8 Å². The van der Waals surface area contributed by atoms with Gasteiger partial charge in [-0.15, -0.1) is 0 Å². The molecule has 19 heavy (non-hydrogen) atoms. The van der Waals surface area contributed by atoms with E-state index in [2.05, 4.69) is 5.32 Å². The molecule has 1 aromatic rings. The topological polar surface area (TPSA) is 79.2 Å². The number of ether oxygens (including phenoxy) is 1. The van der Waals surface area contributed by atoms with Gasteiger partial charge in [-0.25, -0.2) is 0 Å². The third-order valence-corrected chi connectivity index (χ3v) is 2.43. The molecule has 1 aromatic carbocycles. The van der Waals surface area contributed by atoms with Crippen molar-refractivity contribution < 1.29 is 14.3 Å². The number of hydrogen-bond donors (Lipinski definition) is 1. The lowest BCUT2D eigenvalue weighted by Gasteiger charge is -2.07. The summed E-state index contributed by atoms with van der Waals surface area (Å²) in [6.45, 7) is 2.02. The van der Waals surface area contributed by atoms with Crippen LogP contribution in [0.5, 0.6) is 5.75 Å². The third-order valence-electron chi connectivity index (χ3n) is 2.43. The predicted molar refractivity (Wildman–Crippen MR) is 69.8 cm³/mol. The number of benzene rings is 1. The van der Waals surface area contributed by atoms with Gasteiger partial charge in [0.25, 0.3) is 5.91 Å². The lowest BCUT2D eigenvalue weighted by Crippen LogP contribution is -2.29. The first-order valence-corrected chi connectivity index (χ1v) is 6.07. The average Bonchev–Trinajstić information content (AvgIpc) is 2.45. The summed E-state index contributed by atoms with van der Waals surface area (Å²) < 4.78 is 5.26. The number of nitriles is 1. The van der Waals surface area contributed by atoms with E-state index in [-0.39, 0.29) is 24.7 Å². The Kier molecular flexibility index (Phi) is 6.10. The number of nitrogens with one attached hydrogen (secondary N) is 1. The number of amides is 1. The van der Waals surface area contributed by atoms with Gasteiger partial charge >= 0.3 is 0 Å². The van der Waals surface area contributed by atoms with E-state index in [1.54, 1.807) is 31.2 Å². The van der Waals surface area contributed by atoms with Crippen LogP contribution >= 0.6 is 0 Å². The van der Waals surface area contributed by atoms with Gasteiger partial charge in [0.2, 0.25) is 0 Å². The number of Topliss-reactive ketones (excluding diaryl/α,β-unsaturated/α-hetero) is 1. The highest BCUT2D eigenvalue weighted by molar-refractivity contribution is 5.95. The Morgan fingerprint density at radius 2 is 2.00 bits per heavy atom. The molecule has 0 radical (unpaired) electrons. The molecule has 0 saturated carbocycles. The van der Waals surface area contributed by atoms with Crippen molar-refractivity contribution in [2.45, 2.75) is 19.8 Å².